The van der Waals surface area contributed by atoms with Gasteiger partial charge in [-0.3, -0.25) is 0 Å². The third-order valence-corrected chi connectivity index (χ3v) is 5.40. The zero-order valence-electron chi connectivity index (χ0n) is 11.0. The van der Waals surface area contributed by atoms with Gasteiger partial charge in [0.15, 0.2) is 9.84 Å². The molecule has 0 heterocycles. The van der Waals surface area contributed by atoms with E-state index in [4.69, 9.17) is 0 Å². The second-order valence-corrected chi connectivity index (χ2v) is 7.73. The van der Waals surface area contributed by atoms with Crippen LogP contribution in [-0.4, -0.2) is 21.2 Å². The van der Waals surface area contributed by atoms with Crippen molar-refractivity contribution in [2.75, 3.05) is 18.1 Å². The number of fused-ring (bicyclic) bond motifs is 2. The van der Waals surface area contributed by atoms with Crippen molar-refractivity contribution in [2.45, 2.75) is 17.7 Å². The van der Waals surface area contributed by atoms with Crippen molar-refractivity contribution < 1.29 is 8.42 Å². The van der Waals surface area contributed by atoms with Crippen molar-refractivity contribution in [3.63, 3.8) is 0 Å². The number of allylic oxidation sites excluding steroid dienone is 2. The van der Waals surface area contributed by atoms with Crippen LogP contribution in [0.15, 0.2) is 41.3 Å². The molecule has 2 bridgehead atoms. The first-order valence-electron chi connectivity index (χ1n) is 6.75. The third kappa shape index (κ3) is 2.68. The Morgan fingerprint density at radius 1 is 1.16 bits per heavy atom. The maximum absolute atomic E-state index is 11.4. The van der Waals surface area contributed by atoms with E-state index in [9.17, 15) is 8.42 Å². The van der Waals surface area contributed by atoms with Crippen LogP contribution in [0.1, 0.15) is 12.8 Å². The summed E-state index contributed by atoms with van der Waals surface area (Å²) in [6, 6.07) is 7.02. The monoisotopic (exact) mass is 277 g/mol. The molecule has 0 spiro atoms. The summed E-state index contributed by atoms with van der Waals surface area (Å²) in [5.74, 6) is 2.27. The molecule has 1 fully saturated rings. The fraction of sp³-hybridized carbons (Fsp3) is 0.467. The van der Waals surface area contributed by atoms with E-state index < -0.39 is 9.84 Å². The third-order valence-electron chi connectivity index (χ3n) is 4.27. The van der Waals surface area contributed by atoms with Crippen molar-refractivity contribution in [3.05, 3.63) is 36.4 Å². The summed E-state index contributed by atoms with van der Waals surface area (Å²) in [6.45, 7) is 0.976. The van der Waals surface area contributed by atoms with Crippen molar-refractivity contribution in [3.8, 4) is 0 Å². The molecule has 4 heteroatoms. The van der Waals surface area contributed by atoms with E-state index in [1.165, 1.54) is 19.1 Å². The fourth-order valence-corrected chi connectivity index (χ4v) is 3.83. The Balaban J connectivity index is 1.60. The Labute approximate surface area is 114 Å². The molecule has 2 aliphatic rings. The van der Waals surface area contributed by atoms with Crippen LogP contribution in [0.4, 0.5) is 5.69 Å². The molecule has 3 unspecified atom stereocenters. The molecule has 0 aromatic heterocycles. The molecule has 0 saturated heterocycles. The quantitative estimate of drug-likeness (QED) is 0.861. The lowest BCUT2D eigenvalue weighted by Crippen LogP contribution is -2.18. The van der Waals surface area contributed by atoms with Gasteiger partial charge in [-0.2, -0.15) is 0 Å². The smallest absolute Gasteiger partial charge is 0.175 e. The van der Waals surface area contributed by atoms with Crippen LogP contribution in [0.3, 0.4) is 0 Å². The van der Waals surface area contributed by atoms with Crippen LogP contribution < -0.4 is 5.32 Å². The van der Waals surface area contributed by atoms with Crippen LogP contribution in [-0.2, 0) is 9.84 Å². The molecular weight excluding hydrogens is 258 g/mol. The summed E-state index contributed by atoms with van der Waals surface area (Å²) in [5.41, 5.74) is 0.999. The molecule has 0 amide bonds. The van der Waals surface area contributed by atoms with E-state index >= 15 is 0 Å². The Morgan fingerprint density at radius 2 is 1.89 bits per heavy atom. The molecule has 3 rings (SSSR count). The average Bonchev–Trinajstić information content (AvgIpc) is 2.98. The Bertz CT molecular complexity index is 589. The minimum absolute atomic E-state index is 0.376. The topological polar surface area (TPSA) is 46.2 Å². The molecule has 1 N–H and O–H groups in total. The van der Waals surface area contributed by atoms with Gasteiger partial charge in [-0.25, -0.2) is 8.42 Å². The summed E-state index contributed by atoms with van der Waals surface area (Å²) in [7, 11) is -3.09. The first-order valence-corrected chi connectivity index (χ1v) is 8.64. The van der Waals surface area contributed by atoms with Gasteiger partial charge in [0.05, 0.1) is 4.90 Å². The molecule has 0 radical (unpaired) electrons. The van der Waals surface area contributed by atoms with Gasteiger partial charge in [0.2, 0.25) is 0 Å². The summed E-state index contributed by atoms with van der Waals surface area (Å²) in [5, 5.41) is 3.42. The predicted molar refractivity (Wildman–Crippen MR) is 76.9 cm³/mol. The van der Waals surface area contributed by atoms with Crippen LogP contribution in [0.2, 0.25) is 0 Å². The average molecular weight is 277 g/mol. The summed E-state index contributed by atoms with van der Waals surface area (Å²) < 4.78 is 22.7. The van der Waals surface area contributed by atoms with Gasteiger partial charge in [-0.05, 0) is 54.9 Å². The number of rotatable bonds is 4. The Kier molecular flexibility index (Phi) is 3.13. The van der Waals surface area contributed by atoms with Gasteiger partial charge in [0, 0.05) is 18.5 Å². The first-order chi connectivity index (χ1) is 9.02. The molecule has 1 aromatic rings. The zero-order chi connectivity index (χ0) is 13.5. The maximum atomic E-state index is 11.4. The number of hydrogen-bond donors (Lipinski definition) is 1. The van der Waals surface area contributed by atoms with Crippen molar-refractivity contribution in [1.29, 1.82) is 0 Å². The summed E-state index contributed by atoms with van der Waals surface area (Å²) in [6.07, 6.45) is 8.54. The largest absolute Gasteiger partial charge is 0.385 e. The molecule has 2 aliphatic carbocycles. The minimum atomic E-state index is -3.09. The highest BCUT2D eigenvalue weighted by Gasteiger charge is 2.35. The van der Waals surface area contributed by atoms with Gasteiger partial charge in [-0.1, -0.05) is 12.2 Å². The van der Waals surface area contributed by atoms with Crippen molar-refractivity contribution in [2.24, 2.45) is 17.8 Å². The molecular formula is C15H19NO2S. The van der Waals surface area contributed by atoms with Gasteiger partial charge >= 0.3 is 0 Å². The number of benzene rings is 1. The van der Waals surface area contributed by atoms with Crippen molar-refractivity contribution >= 4 is 15.5 Å². The predicted octanol–water partition coefficient (Wildman–Crippen LogP) is 2.71. The van der Waals surface area contributed by atoms with Crippen molar-refractivity contribution in [1.82, 2.24) is 0 Å². The molecule has 1 aromatic carbocycles. The van der Waals surface area contributed by atoms with E-state index in [0.29, 0.717) is 4.90 Å². The van der Waals surface area contributed by atoms with E-state index in [0.717, 1.165) is 30.0 Å². The standard InChI is InChI=1S/C15H19NO2S/c1-19(17,18)15-6-4-14(5-7-15)16-10-13-9-11-2-3-12(13)8-11/h2-7,11-13,16H,8-10H2,1H3. The number of sulfone groups is 1. The van der Waals surface area contributed by atoms with Crippen LogP contribution in [0.25, 0.3) is 0 Å². The molecule has 1 saturated carbocycles. The second-order valence-electron chi connectivity index (χ2n) is 5.72. The lowest BCUT2D eigenvalue weighted by Gasteiger charge is -2.19. The highest BCUT2D eigenvalue weighted by atomic mass is 32.2. The second kappa shape index (κ2) is 4.67. The number of hydrogen-bond acceptors (Lipinski definition) is 3. The molecule has 19 heavy (non-hydrogen) atoms. The van der Waals surface area contributed by atoms with E-state index in [1.54, 1.807) is 12.1 Å². The van der Waals surface area contributed by atoms with E-state index in [2.05, 4.69) is 17.5 Å². The summed E-state index contributed by atoms with van der Waals surface area (Å²) >= 11 is 0. The lowest BCUT2D eigenvalue weighted by molar-refractivity contribution is 0.472. The van der Waals surface area contributed by atoms with Gasteiger partial charge in [0.1, 0.15) is 0 Å². The lowest BCUT2D eigenvalue weighted by atomic mass is 9.93. The molecule has 102 valence electrons. The fourth-order valence-electron chi connectivity index (χ4n) is 3.20. The van der Waals surface area contributed by atoms with E-state index in [-0.39, 0.29) is 0 Å². The zero-order valence-corrected chi connectivity index (χ0v) is 11.9. The van der Waals surface area contributed by atoms with Crippen LogP contribution in [0, 0.1) is 17.8 Å². The molecule has 3 atom stereocenters. The SMILES string of the molecule is CS(=O)(=O)c1ccc(NCC2CC3C=CC2C3)cc1. The number of nitrogens with one attached hydrogen (secondary N) is 1. The normalized spacial score (nSPS) is 28.8. The van der Waals surface area contributed by atoms with Crippen LogP contribution >= 0.6 is 0 Å². The Morgan fingerprint density at radius 3 is 2.42 bits per heavy atom. The van der Waals surface area contributed by atoms with Crippen LogP contribution in [0.5, 0.6) is 0 Å². The first kappa shape index (κ1) is 12.7. The maximum Gasteiger partial charge on any atom is 0.175 e. The van der Waals surface area contributed by atoms with E-state index in [1.807, 2.05) is 12.1 Å². The van der Waals surface area contributed by atoms with Gasteiger partial charge in [-0.15, -0.1) is 0 Å². The molecule has 3 nitrogen and oxygen atoms in total. The van der Waals surface area contributed by atoms with Gasteiger partial charge in [0.25, 0.3) is 0 Å². The minimum Gasteiger partial charge on any atom is -0.385 e. The summed E-state index contributed by atoms with van der Waals surface area (Å²) in [4.78, 5) is 0.376. The van der Waals surface area contributed by atoms with Gasteiger partial charge < -0.3 is 5.32 Å². The highest BCUT2D eigenvalue weighted by molar-refractivity contribution is 7.90. The molecule has 0 aliphatic heterocycles. The highest BCUT2D eigenvalue weighted by Crippen LogP contribution is 2.43. The Hall–Kier alpha value is -1.29. The number of anilines is 1.